The summed E-state index contributed by atoms with van der Waals surface area (Å²) in [7, 11) is 0. The molecule has 0 saturated heterocycles. The van der Waals surface area contributed by atoms with Crippen LogP contribution in [0.4, 0.5) is 11.4 Å². The van der Waals surface area contributed by atoms with Crippen LogP contribution in [0.15, 0.2) is 42.5 Å². The molecule has 154 valence electrons. The molecule has 0 fully saturated rings. The molecular weight excluding hydrogens is 392 g/mol. The Morgan fingerprint density at radius 1 is 1.00 bits per heavy atom. The standard InChI is InChI=1S/C22H25ClN2O4/c1-4-12-29-20-10-6-16(13-21(20)28-5-2)7-11-22(27)25-19-14-17(23)8-9-18(19)24-15(3)26/h6-11,13-14H,4-5,12H2,1-3H3,(H,24,26)(H,25,27)/b11-7+. The highest BCUT2D eigenvalue weighted by Gasteiger charge is 2.08. The van der Waals surface area contributed by atoms with Gasteiger partial charge in [-0.2, -0.15) is 0 Å². The normalized spacial score (nSPS) is 10.6. The van der Waals surface area contributed by atoms with Gasteiger partial charge in [-0.1, -0.05) is 24.6 Å². The molecule has 2 aromatic rings. The third-order valence-corrected chi connectivity index (χ3v) is 3.94. The van der Waals surface area contributed by atoms with Crippen LogP contribution in [-0.4, -0.2) is 25.0 Å². The summed E-state index contributed by atoms with van der Waals surface area (Å²) in [6.07, 6.45) is 3.97. The first kappa shape index (κ1) is 22.3. The first-order valence-corrected chi connectivity index (χ1v) is 9.76. The third-order valence-electron chi connectivity index (χ3n) is 3.71. The summed E-state index contributed by atoms with van der Waals surface area (Å²) in [5.41, 5.74) is 1.68. The molecule has 7 heteroatoms. The van der Waals surface area contributed by atoms with Crippen LogP contribution in [0.5, 0.6) is 11.5 Å². The molecule has 0 atom stereocenters. The number of hydrogen-bond acceptors (Lipinski definition) is 4. The van der Waals surface area contributed by atoms with Gasteiger partial charge in [-0.15, -0.1) is 0 Å². The predicted molar refractivity (Wildman–Crippen MR) is 117 cm³/mol. The van der Waals surface area contributed by atoms with Crippen LogP contribution in [0, 0.1) is 0 Å². The maximum absolute atomic E-state index is 12.3. The quantitative estimate of drug-likeness (QED) is 0.555. The molecule has 29 heavy (non-hydrogen) atoms. The molecule has 0 unspecified atom stereocenters. The van der Waals surface area contributed by atoms with E-state index in [1.54, 1.807) is 24.3 Å². The van der Waals surface area contributed by atoms with Crippen molar-refractivity contribution in [3.63, 3.8) is 0 Å². The minimum Gasteiger partial charge on any atom is -0.490 e. The summed E-state index contributed by atoms with van der Waals surface area (Å²) < 4.78 is 11.3. The highest BCUT2D eigenvalue weighted by atomic mass is 35.5. The zero-order chi connectivity index (χ0) is 21.2. The molecule has 2 amide bonds. The van der Waals surface area contributed by atoms with Gasteiger partial charge < -0.3 is 20.1 Å². The van der Waals surface area contributed by atoms with Gasteiger partial charge in [0.25, 0.3) is 0 Å². The van der Waals surface area contributed by atoms with Crippen molar-refractivity contribution in [1.82, 2.24) is 0 Å². The van der Waals surface area contributed by atoms with Crippen molar-refractivity contribution in [2.45, 2.75) is 27.2 Å². The number of nitrogens with one attached hydrogen (secondary N) is 2. The molecule has 0 aliphatic carbocycles. The van der Waals surface area contributed by atoms with E-state index in [-0.39, 0.29) is 11.8 Å². The highest BCUT2D eigenvalue weighted by Crippen LogP contribution is 2.29. The fourth-order valence-corrected chi connectivity index (χ4v) is 2.66. The van der Waals surface area contributed by atoms with E-state index in [9.17, 15) is 9.59 Å². The Kier molecular flexibility index (Phi) is 8.55. The van der Waals surface area contributed by atoms with Crippen LogP contribution >= 0.6 is 11.6 Å². The summed E-state index contributed by atoms with van der Waals surface area (Å²) in [6, 6.07) is 10.3. The molecule has 0 saturated carbocycles. The second-order valence-corrected chi connectivity index (χ2v) is 6.62. The molecule has 0 aliphatic heterocycles. The Hall–Kier alpha value is -2.99. The topological polar surface area (TPSA) is 76.7 Å². The summed E-state index contributed by atoms with van der Waals surface area (Å²) in [5.74, 6) is 0.704. The fraction of sp³-hybridized carbons (Fsp3) is 0.273. The van der Waals surface area contributed by atoms with E-state index in [4.69, 9.17) is 21.1 Å². The van der Waals surface area contributed by atoms with Gasteiger partial charge >= 0.3 is 0 Å². The van der Waals surface area contributed by atoms with Gasteiger partial charge in [0.1, 0.15) is 0 Å². The number of benzene rings is 2. The van der Waals surface area contributed by atoms with Crippen LogP contribution in [0.1, 0.15) is 32.8 Å². The zero-order valence-electron chi connectivity index (χ0n) is 16.8. The lowest BCUT2D eigenvalue weighted by atomic mass is 10.2. The van der Waals surface area contributed by atoms with Crippen molar-refractivity contribution in [3.05, 3.63) is 53.1 Å². The molecule has 0 aromatic heterocycles. The van der Waals surface area contributed by atoms with Crippen molar-refractivity contribution in [3.8, 4) is 11.5 Å². The number of hydrogen-bond donors (Lipinski definition) is 2. The van der Waals surface area contributed by atoms with Crippen LogP contribution in [0.25, 0.3) is 6.08 Å². The fourth-order valence-electron chi connectivity index (χ4n) is 2.49. The summed E-state index contributed by atoms with van der Waals surface area (Å²) in [4.78, 5) is 23.7. The number of carbonyl (C=O) groups is 2. The van der Waals surface area contributed by atoms with E-state index in [1.165, 1.54) is 13.0 Å². The minimum atomic E-state index is -0.358. The Morgan fingerprint density at radius 2 is 1.79 bits per heavy atom. The molecule has 6 nitrogen and oxygen atoms in total. The molecule has 2 aromatic carbocycles. The van der Waals surface area contributed by atoms with Crippen molar-refractivity contribution in [1.29, 1.82) is 0 Å². The van der Waals surface area contributed by atoms with Crippen molar-refractivity contribution in [2.75, 3.05) is 23.8 Å². The Morgan fingerprint density at radius 3 is 2.48 bits per heavy atom. The van der Waals surface area contributed by atoms with Gasteiger partial charge in [0.2, 0.25) is 11.8 Å². The van der Waals surface area contributed by atoms with Crippen LogP contribution in [-0.2, 0) is 9.59 Å². The average Bonchev–Trinajstić information content (AvgIpc) is 2.67. The number of ether oxygens (including phenoxy) is 2. The lowest BCUT2D eigenvalue weighted by Crippen LogP contribution is -2.13. The molecule has 0 heterocycles. The van der Waals surface area contributed by atoms with Gasteiger partial charge in [0, 0.05) is 18.0 Å². The Labute approximate surface area is 175 Å². The molecule has 0 radical (unpaired) electrons. The summed E-state index contributed by atoms with van der Waals surface area (Å²) >= 11 is 6.00. The zero-order valence-corrected chi connectivity index (χ0v) is 17.5. The maximum Gasteiger partial charge on any atom is 0.248 e. The third kappa shape index (κ3) is 7.16. The Balaban J connectivity index is 2.13. The maximum atomic E-state index is 12.3. The van der Waals surface area contributed by atoms with Crippen LogP contribution in [0.2, 0.25) is 5.02 Å². The van der Waals surface area contributed by atoms with Crippen LogP contribution in [0.3, 0.4) is 0 Å². The van der Waals surface area contributed by atoms with E-state index >= 15 is 0 Å². The van der Waals surface area contributed by atoms with Gasteiger partial charge in [-0.05, 0) is 55.3 Å². The lowest BCUT2D eigenvalue weighted by Gasteiger charge is -2.12. The van der Waals surface area contributed by atoms with E-state index < -0.39 is 0 Å². The SMILES string of the molecule is CCCOc1ccc(/C=C/C(=O)Nc2cc(Cl)ccc2NC(C)=O)cc1OCC. The molecular formula is C22H25ClN2O4. The van der Waals surface area contributed by atoms with Gasteiger partial charge in [-0.3, -0.25) is 9.59 Å². The van der Waals surface area contributed by atoms with E-state index in [2.05, 4.69) is 10.6 Å². The first-order valence-electron chi connectivity index (χ1n) is 9.38. The average molecular weight is 417 g/mol. The molecule has 0 spiro atoms. The van der Waals surface area contributed by atoms with E-state index in [1.807, 2.05) is 32.0 Å². The highest BCUT2D eigenvalue weighted by molar-refractivity contribution is 6.31. The van der Waals surface area contributed by atoms with E-state index in [0.29, 0.717) is 41.1 Å². The van der Waals surface area contributed by atoms with Gasteiger partial charge in [-0.25, -0.2) is 0 Å². The van der Waals surface area contributed by atoms with Crippen molar-refractivity contribution < 1.29 is 19.1 Å². The number of halogens is 1. The summed E-state index contributed by atoms with van der Waals surface area (Å²) in [5, 5.41) is 5.83. The second-order valence-electron chi connectivity index (χ2n) is 6.18. The second kappa shape index (κ2) is 11.1. The largest absolute Gasteiger partial charge is 0.490 e. The monoisotopic (exact) mass is 416 g/mol. The van der Waals surface area contributed by atoms with E-state index in [0.717, 1.165) is 12.0 Å². The molecule has 0 bridgehead atoms. The number of rotatable bonds is 9. The minimum absolute atomic E-state index is 0.243. The molecule has 2 rings (SSSR count). The number of carbonyl (C=O) groups excluding carboxylic acids is 2. The molecule has 2 N–H and O–H groups in total. The van der Waals surface area contributed by atoms with Crippen LogP contribution < -0.4 is 20.1 Å². The smallest absolute Gasteiger partial charge is 0.248 e. The first-order chi connectivity index (χ1) is 13.9. The van der Waals surface area contributed by atoms with Crippen molar-refractivity contribution >= 4 is 40.9 Å². The van der Waals surface area contributed by atoms with Crippen molar-refractivity contribution in [2.24, 2.45) is 0 Å². The number of anilines is 2. The lowest BCUT2D eigenvalue weighted by molar-refractivity contribution is -0.114. The summed E-state index contributed by atoms with van der Waals surface area (Å²) in [6.45, 7) is 6.44. The van der Waals surface area contributed by atoms with Gasteiger partial charge in [0.15, 0.2) is 11.5 Å². The Bertz CT molecular complexity index is 896. The predicted octanol–water partition coefficient (Wildman–Crippen LogP) is 5.14. The number of amides is 2. The molecule has 0 aliphatic rings. The van der Waals surface area contributed by atoms with Gasteiger partial charge in [0.05, 0.1) is 24.6 Å².